The Balaban J connectivity index is 2.34. The SMILES string of the molecule is CC(=O)N[C@H]1[C@H]([C@H](O)[C@H](O)CO)OC(C(=O)O)=C[C@@H]1N=C(N)NC(=O)c1ccc(N(C)C)cc1. The summed E-state index contributed by atoms with van der Waals surface area (Å²) < 4.78 is 5.26. The van der Waals surface area contributed by atoms with Crippen LogP contribution in [0.15, 0.2) is 41.1 Å². The zero-order valence-corrected chi connectivity index (χ0v) is 18.9. The first-order valence-electron chi connectivity index (χ1n) is 10.2. The van der Waals surface area contributed by atoms with Crippen molar-refractivity contribution < 1.29 is 39.5 Å². The number of carbonyl (C=O) groups excluding carboxylic acids is 2. The molecular formula is C21H29N5O8. The highest BCUT2D eigenvalue weighted by Gasteiger charge is 2.43. The number of nitrogens with one attached hydrogen (secondary N) is 2. The molecule has 5 atom stereocenters. The van der Waals surface area contributed by atoms with Crippen molar-refractivity contribution in [2.24, 2.45) is 10.7 Å². The van der Waals surface area contributed by atoms with E-state index >= 15 is 0 Å². The first-order valence-corrected chi connectivity index (χ1v) is 10.2. The lowest BCUT2D eigenvalue weighted by atomic mass is 9.92. The number of carboxylic acids is 1. The van der Waals surface area contributed by atoms with Gasteiger partial charge in [-0.3, -0.25) is 14.9 Å². The van der Waals surface area contributed by atoms with Gasteiger partial charge in [-0.1, -0.05) is 0 Å². The van der Waals surface area contributed by atoms with E-state index in [1.807, 2.05) is 19.0 Å². The van der Waals surface area contributed by atoms with Crippen LogP contribution in [-0.2, 0) is 14.3 Å². The van der Waals surface area contributed by atoms with Crippen molar-refractivity contribution in [1.82, 2.24) is 10.6 Å². The topological polar surface area (TPSA) is 207 Å². The van der Waals surface area contributed by atoms with E-state index in [1.165, 1.54) is 6.92 Å². The number of hydrogen-bond acceptors (Lipinski definition) is 9. The Kier molecular flexibility index (Phi) is 8.95. The summed E-state index contributed by atoms with van der Waals surface area (Å²) in [6.07, 6.45) is -3.93. The van der Waals surface area contributed by atoms with Crippen molar-refractivity contribution in [2.45, 2.75) is 37.3 Å². The predicted molar refractivity (Wildman–Crippen MR) is 121 cm³/mol. The van der Waals surface area contributed by atoms with Crippen molar-refractivity contribution in [3.8, 4) is 0 Å². The molecule has 0 aliphatic carbocycles. The van der Waals surface area contributed by atoms with Gasteiger partial charge in [-0.25, -0.2) is 9.79 Å². The number of aliphatic carboxylic acids is 1. The van der Waals surface area contributed by atoms with E-state index in [0.29, 0.717) is 0 Å². The molecule has 0 fully saturated rings. The van der Waals surface area contributed by atoms with E-state index in [2.05, 4.69) is 15.6 Å². The van der Waals surface area contributed by atoms with Gasteiger partial charge in [-0.05, 0) is 30.3 Å². The summed E-state index contributed by atoms with van der Waals surface area (Å²) in [4.78, 5) is 41.8. The van der Waals surface area contributed by atoms with Crippen LogP contribution in [0.4, 0.5) is 5.69 Å². The number of nitrogens with two attached hydrogens (primary N) is 1. The van der Waals surface area contributed by atoms with Crippen LogP contribution in [0.2, 0.25) is 0 Å². The van der Waals surface area contributed by atoms with E-state index in [9.17, 15) is 29.7 Å². The molecule has 13 heteroatoms. The standard InChI is InChI=1S/C21H29N5O8/c1-10(28)23-16-13(8-15(20(32)33)34-18(16)17(30)14(29)9-27)24-21(22)25-19(31)11-4-6-12(7-5-11)26(2)3/h4-8,13-14,16-18,27,29-30H,9H2,1-3H3,(H,23,28)(H,32,33)(H3,22,24,25,31)/t13-,14+,16+,17+,18+/m0/s1. The quantitative estimate of drug-likeness (QED) is 0.157. The number of aliphatic imine (C=N–C) groups is 1. The maximum Gasteiger partial charge on any atom is 0.370 e. The van der Waals surface area contributed by atoms with Crippen LogP contribution in [0.1, 0.15) is 17.3 Å². The van der Waals surface area contributed by atoms with Gasteiger partial charge in [-0.15, -0.1) is 0 Å². The highest BCUT2D eigenvalue weighted by molar-refractivity contribution is 6.05. The van der Waals surface area contributed by atoms with E-state index in [4.69, 9.17) is 15.6 Å². The molecule has 34 heavy (non-hydrogen) atoms. The van der Waals surface area contributed by atoms with E-state index < -0.39 is 60.5 Å². The van der Waals surface area contributed by atoms with E-state index in [-0.39, 0.29) is 11.5 Å². The first kappa shape index (κ1) is 26.6. The van der Waals surface area contributed by atoms with Gasteiger partial charge in [0, 0.05) is 32.3 Å². The normalized spacial score (nSPS) is 22.0. The van der Waals surface area contributed by atoms with Crippen molar-refractivity contribution in [1.29, 1.82) is 0 Å². The zero-order valence-electron chi connectivity index (χ0n) is 18.9. The number of guanidine groups is 1. The molecule has 0 spiro atoms. The molecular weight excluding hydrogens is 450 g/mol. The van der Waals surface area contributed by atoms with Gasteiger partial charge >= 0.3 is 5.97 Å². The molecule has 2 amide bonds. The molecule has 186 valence electrons. The number of carboxylic acid groups (broad SMARTS) is 1. The van der Waals surface area contributed by atoms with Crippen LogP contribution in [0, 0.1) is 0 Å². The second kappa shape index (κ2) is 11.4. The molecule has 1 heterocycles. The molecule has 1 aliphatic heterocycles. The van der Waals surface area contributed by atoms with Gasteiger partial charge < -0.3 is 41.1 Å². The van der Waals surface area contributed by atoms with Gasteiger partial charge in [0.1, 0.15) is 18.3 Å². The summed E-state index contributed by atoms with van der Waals surface area (Å²) in [6.45, 7) is 0.324. The molecule has 1 aromatic carbocycles. The number of anilines is 1. The number of amides is 2. The fourth-order valence-corrected chi connectivity index (χ4v) is 3.26. The third kappa shape index (κ3) is 6.66. The third-order valence-electron chi connectivity index (χ3n) is 4.98. The number of aliphatic hydroxyl groups is 3. The number of benzene rings is 1. The monoisotopic (exact) mass is 479 g/mol. The van der Waals surface area contributed by atoms with Crippen LogP contribution < -0.4 is 21.3 Å². The maximum absolute atomic E-state index is 12.5. The Morgan fingerprint density at radius 2 is 1.82 bits per heavy atom. The van der Waals surface area contributed by atoms with Crippen molar-refractivity contribution in [3.05, 3.63) is 41.7 Å². The second-order valence-corrected chi connectivity index (χ2v) is 7.79. The van der Waals surface area contributed by atoms with Crippen LogP contribution in [0.25, 0.3) is 0 Å². The molecule has 0 saturated heterocycles. The summed E-state index contributed by atoms with van der Waals surface area (Å²) in [5, 5.41) is 43.6. The molecule has 8 N–H and O–H groups in total. The molecule has 1 aliphatic rings. The molecule has 0 radical (unpaired) electrons. The van der Waals surface area contributed by atoms with Crippen molar-refractivity contribution >= 4 is 29.4 Å². The Bertz CT molecular complexity index is 962. The second-order valence-electron chi connectivity index (χ2n) is 7.79. The largest absolute Gasteiger partial charge is 0.478 e. The van der Waals surface area contributed by atoms with Gasteiger partial charge in [0.2, 0.25) is 11.7 Å². The summed E-state index contributed by atoms with van der Waals surface area (Å²) in [7, 11) is 3.70. The highest BCUT2D eigenvalue weighted by Crippen LogP contribution is 2.25. The number of nitrogens with zero attached hydrogens (tertiary/aromatic N) is 2. The molecule has 0 bridgehead atoms. The van der Waals surface area contributed by atoms with Gasteiger partial charge in [0.25, 0.3) is 5.91 Å². The van der Waals surface area contributed by atoms with Gasteiger partial charge in [-0.2, -0.15) is 0 Å². The van der Waals surface area contributed by atoms with E-state index in [1.54, 1.807) is 24.3 Å². The molecule has 1 aromatic rings. The van der Waals surface area contributed by atoms with Crippen molar-refractivity contribution in [3.63, 3.8) is 0 Å². The highest BCUT2D eigenvalue weighted by atomic mass is 16.5. The van der Waals surface area contributed by atoms with Crippen LogP contribution in [0.5, 0.6) is 0 Å². The van der Waals surface area contributed by atoms with E-state index in [0.717, 1.165) is 11.8 Å². The Morgan fingerprint density at radius 3 is 2.32 bits per heavy atom. The third-order valence-corrected chi connectivity index (χ3v) is 4.98. The molecule has 2 rings (SSSR count). The minimum absolute atomic E-state index is 0.287. The van der Waals surface area contributed by atoms with Gasteiger partial charge in [0.05, 0.1) is 18.7 Å². The lowest BCUT2D eigenvalue weighted by Gasteiger charge is -2.38. The number of rotatable bonds is 8. The van der Waals surface area contributed by atoms with Crippen LogP contribution in [0.3, 0.4) is 0 Å². The fraction of sp³-hybridized carbons (Fsp3) is 0.429. The summed E-state index contributed by atoms with van der Waals surface area (Å²) >= 11 is 0. The van der Waals surface area contributed by atoms with Crippen LogP contribution in [-0.4, -0.2) is 95.3 Å². The molecule has 0 saturated carbocycles. The Labute approximate surface area is 195 Å². The average molecular weight is 479 g/mol. The molecule has 0 aromatic heterocycles. The first-order chi connectivity index (χ1) is 15.9. The minimum atomic E-state index is -1.78. The summed E-state index contributed by atoms with van der Waals surface area (Å²) in [5.74, 6) is -3.66. The Hall–Kier alpha value is -3.68. The summed E-state index contributed by atoms with van der Waals surface area (Å²) in [6, 6.07) is 4.23. The lowest BCUT2D eigenvalue weighted by Crippen LogP contribution is -2.60. The van der Waals surface area contributed by atoms with Crippen LogP contribution >= 0.6 is 0 Å². The fourth-order valence-electron chi connectivity index (χ4n) is 3.26. The smallest absolute Gasteiger partial charge is 0.370 e. The number of aliphatic hydroxyl groups excluding tert-OH is 3. The zero-order chi connectivity index (χ0) is 25.6. The lowest BCUT2D eigenvalue weighted by molar-refractivity contribution is -0.145. The summed E-state index contributed by atoms with van der Waals surface area (Å²) in [5.41, 5.74) is 7.03. The number of carbonyl (C=O) groups is 3. The Morgan fingerprint density at radius 1 is 1.21 bits per heavy atom. The van der Waals surface area contributed by atoms with Crippen molar-refractivity contribution in [2.75, 3.05) is 25.6 Å². The number of hydrogen-bond donors (Lipinski definition) is 7. The molecule has 13 nitrogen and oxygen atoms in total. The predicted octanol–water partition coefficient (Wildman–Crippen LogP) is -2.25. The minimum Gasteiger partial charge on any atom is -0.478 e. The van der Waals surface area contributed by atoms with Gasteiger partial charge in [0.15, 0.2) is 5.96 Å². The maximum atomic E-state index is 12.5. The molecule has 0 unspecified atom stereocenters. The number of ether oxygens (including phenoxy) is 1. The average Bonchev–Trinajstić information content (AvgIpc) is 2.78.